The SMILES string of the molecule is CCCCCCCCC(=O)N1[C@@H](C)CCC[C@@H]1C. The molecule has 18 heavy (non-hydrogen) atoms. The summed E-state index contributed by atoms with van der Waals surface area (Å²) < 4.78 is 0. The van der Waals surface area contributed by atoms with E-state index < -0.39 is 0 Å². The third-order valence-corrected chi connectivity index (χ3v) is 4.23. The first-order valence-electron chi connectivity index (χ1n) is 7.98. The zero-order chi connectivity index (χ0) is 13.4. The molecule has 0 N–H and O–H groups in total. The molecule has 106 valence electrons. The van der Waals surface area contributed by atoms with Crippen molar-refractivity contribution in [2.75, 3.05) is 0 Å². The largest absolute Gasteiger partial charge is 0.337 e. The Morgan fingerprint density at radius 1 is 1.00 bits per heavy atom. The van der Waals surface area contributed by atoms with Gasteiger partial charge in [-0.25, -0.2) is 0 Å². The Balaban J connectivity index is 2.18. The molecule has 2 nitrogen and oxygen atoms in total. The number of likely N-dealkylation sites (tertiary alicyclic amines) is 1. The molecule has 0 aromatic heterocycles. The Labute approximate surface area is 113 Å². The van der Waals surface area contributed by atoms with Crippen molar-refractivity contribution in [3.8, 4) is 0 Å². The third kappa shape index (κ3) is 4.99. The van der Waals surface area contributed by atoms with Crippen LogP contribution in [-0.4, -0.2) is 22.9 Å². The number of unbranched alkanes of at least 4 members (excludes halogenated alkanes) is 5. The van der Waals surface area contributed by atoms with Gasteiger partial charge >= 0.3 is 0 Å². The van der Waals surface area contributed by atoms with Gasteiger partial charge in [-0.1, -0.05) is 39.0 Å². The molecule has 1 aliphatic rings. The lowest BCUT2D eigenvalue weighted by molar-refractivity contribution is -0.137. The van der Waals surface area contributed by atoms with Crippen molar-refractivity contribution in [3.05, 3.63) is 0 Å². The zero-order valence-electron chi connectivity index (χ0n) is 12.6. The molecule has 1 amide bonds. The summed E-state index contributed by atoms with van der Waals surface area (Å²) in [5, 5.41) is 0. The van der Waals surface area contributed by atoms with Crippen LogP contribution in [0.1, 0.15) is 85.0 Å². The molecule has 0 spiro atoms. The monoisotopic (exact) mass is 253 g/mol. The predicted molar refractivity (Wildman–Crippen MR) is 77.6 cm³/mol. The van der Waals surface area contributed by atoms with Crippen LogP contribution in [-0.2, 0) is 4.79 Å². The van der Waals surface area contributed by atoms with E-state index in [1.807, 2.05) is 0 Å². The number of hydrogen-bond donors (Lipinski definition) is 0. The zero-order valence-corrected chi connectivity index (χ0v) is 12.6. The first-order valence-corrected chi connectivity index (χ1v) is 7.98. The number of nitrogens with zero attached hydrogens (tertiary/aromatic N) is 1. The molecule has 0 saturated carbocycles. The Kier molecular flexibility index (Phi) is 7.38. The van der Waals surface area contributed by atoms with Gasteiger partial charge in [0.1, 0.15) is 0 Å². The summed E-state index contributed by atoms with van der Waals surface area (Å²) >= 11 is 0. The van der Waals surface area contributed by atoms with E-state index in [4.69, 9.17) is 0 Å². The molecule has 2 heteroatoms. The second-order valence-electron chi connectivity index (χ2n) is 5.95. The molecule has 2 atom stereocenters. The Bertz CT molecular complexity index is 229. The van der Waals surface area contributed by atoms with Gasteiger partial charge in [0.25, 0.3) is 0 Å². The van der Waals surface area contributed by atoms with Gasteiger partial charge in [-0.2, -0.15) is 0 Å². The highest BCUT2D eigenvalue weighted by atomic mass is 16.2. The third-order valence-electron chi connectivity index (χ3n) is 4.23. The van der Waals surface area contributed by atoms with Crippen LogP contribution in [0.2, 0.25) is 0 Å². The van der Waals surface area contributed by atoms with Crippen LogP contribution in [0.3, 0.4) is 0 Å². The highest BCUT2D eigenvalue weighted by Gasteiger charge is 2.28. The standard InChI is InChI=1S/C16H31NO/c1-4-5-6-7-8-9-13-16(18)17-14(2)11-10-12-15(17)3/h14-15H,4-13H2,1-3H3/t14-,15-/m0/s1. The van der Waals surface area contributed by atoms with Crippen LogP contribution in [0.15, 0.2) is 0 Å². The quantitative estimate of drug-likeness (QED) is 0.611. The van der Waals surface area contributed by atoms with Gasteiger partial charge in [-0.15, -0.1) is 0 Å². The second kappa shape index (κ2) is 8.55. The molecule has 0 aromatic rings. The first kappa shape index (κ1) is 15.5. The van der Waals surface area contributed by atoms with Crippen LogP contribution in [0.4, 0.5) is 0 Å². The highest BCUT2D eigenvalue weighted by Crippen LogP contribution is 2.23. The molecule has 1 heterocycles. The van der Waals surface area contributed by atoms with Crippen molar-refractivity contribution in [2.24, 2.45) is 0 Å². The molecule has 1 fully saturated rings. The highest BCUT2D eigenvalue weighted by molar-refractivity contribution is 5.76. The second-order valence-corrected chi connectivity index (χ2v) is 5.95. The van der Waals surface area contributed by atoms with Gasteiger partial charge < -0.3 is 4.90 Å². The van der Waals surface area contributed by atoms with Crippen molar-refractivity contribution in [3.63, 3.8) is 0 Å². The molecule has 0 bridgehead atoms. The Hall–Kier alpha value is -0.530. The lowest BCUT2D eigenvalue weighted by Gasteiger charge is -2.39. The number of carbonyl (C=O) groups is 1. The van der Waals surface area contributed by atoms with Crippen molar-refractivity contribution in [1.82, 2.24) is 4.90 Å². The molecule has 0 radical (unpaired) electrons. The fraction of sp³-hybridized carbons (Fsp3) is 0.938. The summed E-state index contributed by atoms with van der Waals surface area (Å²) in [4.78, 5) is 14.4. The molecule has 0 aromatic carbocycles. The van der Waals surface area contributed by atoms with Crippen molar-refractivity contribution < 1.29 is 4.79 Å². The molecule has 1 rings (SSSR count). The summed E-state index contributed by atoms with van der Waals surface area (Å²) in [6, 6.07) is 0.919. The maximum atomic E-state index is 12.2. The van der Waals surface area contributed by atoms with Crippen LogP contribution in [0.5, 0.6) is 0 Å². The molecular formula is C16H31NO. The van der Waals surface area contributed by atoms with Gasteiger partial charge in [0.15, 0.2) is 0 Å². The minimum Gasteiger partial charge on any atom is -0.337 e. The van der Waals surface area contributed by atoms with Crippen LogP contribution >= 0.6 is 0 Å². The van der Waals surface area contributed by atoms with E-state index in [2.05, 4.69) is 25.7 Å². The number of carbonyl (C=O) groups excluding carboxylic acids is 1. The smallest absolute Gasteiger partial charge is 0.223 e. The lowest BCUT2D eigenvalue weighted by Crippen LogP contribution is -2.47. The van der Waals surface area contributed by atoms with Crippen molar-refractivity contribution in [2.45, 2.75) is 97.1 Å². The van der Waals surface area contributed by atoms with E-state index in [9.17, 15) is 4.79 Å². The molecule has 0 aliphatic carbocycles. The number of rotatable bonds is 7. The van der Waals surface area contributed by atoms with Gasteiger partial charge in [0.2, 0.25) is 5.91 Å². The van der Waals surface area contributed by atoms with Crippen molar-refractivity contribution in [1.29, 1.82) is 0 Å². The van der Waals surface area contributed by atoms with Crippen LogP contribution < -0.4 is 0 Å². The van der Waals surface area contributed by atoms with Crippen LogP contribution in [0, 0.1) is 0 Å². The van der Waals surface area contributed by atoms with Crippen LogP contribution in [0.25, 0.3) is 0 Å². The molecule has 1 saturated heterocycles. The number of hydrogen-bond acceptors (Lipinski definition) is 1. The van der Waals surface area contributed by atoms with Gasteiger partial charge in [0, 0.05) is 18.5 Å². The Morgan fingerprint density at radius 2 is 1.56 bits per heavy atom. The van der Waals surface area contributed by atoms with E-state index in [1.165, 1.54) is 51.4 Å². The topological polar surface area (TPSA) is 20.3 Å². The normalized spacial score (nSPS) is 24.3. The van der Waals surface area contributed by atoms with E-state index in [0.717, 1.165) is 12.8 Å². The van der Waals surface area contributed by atoms with Gasteiger partial charge in [0.05, 0.1) is 0 Å². The molecule has 1 aliphatic heterocycles. The average Bonchev–Trinajstić information content (AvgIpc) is 2.33. The minimum atomic E-state index is 0.394. The number of piperidine rings is 1. The Morgan fingerprint density at radius 3 is 2.17 bits per heavy atom. The molecule has 0 unspecified atom stereocenters. The maximum absolute atomic E-state index is 12.2. The maximum Gasteiger partial charge on any atom is 0.223 e. The van der Waals surface area contributed by atoms with Gasteiger partial charge in [-0.3, -0.25) is 4.79 Å². The number of amides is 1. The van der Waals surface area contributed by atoms with E-state index in [1.54, 1.807) is 0 Å². The fourth-order valence-electron chi connectivity index (χ4n) is 3.10. The lowest BCUT2D eigenvalue weighted by atomic mass is 9.96. The van der Waals surface area contributed by atoms with Gasteiger partial charge in [-0.05, 0) is 39.5 Å². The summed E-state index contributed by atoms with van der Waals surface area (Å²) in [7, 11) is 0. The summed E-state index contributed by atoms with van der Waals surface area (Å²) in [6.45, 7) is 6.65. The average molecular weight is 253 g/mol. The summed E-state index contributed by atoms with van der Waals surface area (Å²) in [5.74, 6) is 0.394. The van der Waals surface area contributed by atoms with E-state index in [-0.39, 0.29) is 0 Å². The first-order chi connectivity index (χ1) is 8.66. The fourth-order valence-corrected chi connectivity index (χ4v) is 3.10. The predicted octanol–water partition coefficient (Wildman–Crippen LogP) is 4.53. The summed E-state index contributed by atoms with van der Waals surface area (Å²) in [5.41, 5.74) is 0. The van der Waals surface area contributed by atoms with E-state index >= 15 is 0 Å². The summed E-state index contributed by atoms with van der Waals surface area (Å²) in [6.07, 6.45) is 12.0. The minimum absolute atomic E-state index is 0.394. The van der Waals surface area contributed by atoms with E-state index in [0.29, 0.717) is 18.0 Å². The molecular weight excluding hydrogens is 222 g/mol. The van der Waals surface area contributed by atoms with Crippen molar-refractivity contribution >= 4 is 5.91 Å².